The molecule has 1 heterocycles. The van der Waals surface area contributed by atoms with Crippen LogP contribution in [0.15, 0.2) is 12.1 Å². The minimum Gasteiger partial charge on any atom is -0.305 e. The van der Waals surface area contributed by atoms with Gasteiger partial charge in [0.2, 0.25) is 0 Å². The Morgan fingerprint density at radius 3 is 2.52 bits per heavy atom. The van der Waals surface area contributed by atoms with E-state index in [1.54, 1.807) is 0 Å². The minimum absolute atomic E-state index is 0.0920. The van der Waals surface area contributed by atoms with Crippen molar-refractivity contribution >= 4 is 23.2 Å². The van der Waals surface area contributed by atoms with Gasteiger partial charge in [0.1, 0.15) is 5.78 Å². The number of fused-ring (bicyclic) bond motifs is 1. The maximum atomic E-state index is 13.3. The Bertz CT molecular complexity index is 657. The smallest absolute Gasteiger partial charge is 0.299 e. The van der Waals surface area contributed by atoms with E-state index in [4.69, 9.17) is 0 Å². The molecule has 0 aromatic heterocycles. The highest BCUT2D eigenvalue weighted by atomic mass is 19.2. The van der Waals surface area contributed by atoms with Gasteiger partial charge in [-0.25, -0.2) is 8.78 Å². The van der Waals surface area contributed by atoms with E-state index >= 15 is 0 Å². The first-order chi connectivity index (χ1) is 9.99. The summed E-state index contributed by atoms with van der Waals surface area (Å²) in [5.41, 5.74) is -0.0222. The average molecular weight is 293 g/mol. The second kappa shape index (κ2) is 5.02. The molecule has 1 aromatic carbocycles. The van der Waals surface area contributed by atoms with E-state index in [1.807, 2.05) is 0 Å². The molecule has 1 amide bonds. The van der Waals surface area contributed by atoms with Crippen LogP contribution in [0.2, 0.25) is 0 Å². The number of nitrogens with zero attached hydrogens (tertiary/aromatic N) is 1. The first-order valence-corrected chi connectivity index (χ1v) is 6.87. The minimum atomic E-state index is -1.15. The van der Waals surface area contributed by atoms with Crippen molar-refractivity contribution in [2.24, 2.45) is 5.92 Å². The van der Waals surface area contributed by atoms with E-state index in [-0.39, 0.29) is 29.5 Å². The van der Waals surface area contributed by atoms with Crippen molar-refractivity contribution in [1.29, 1.82) is 0 Å². The van der Waals surface area contributed by atoms with Crippen molar-refractivity contribution in [3.05, 3.63) is 29.3 Å². The third-order valence-corrected chi connectivity index (χ3v) is 4.15. The molecular formula is C15H13F2NO3. The van der Waals surface area contributed by atoms with Gasteiger partial charge in [0.15, 0.2) is 11.6 Å². The van der Waals surface area contributed by atoms with Gasteiger partial charge in [0.05, 0.1) is 11.3 Å². The molecule has 0 bridgehead atoms. The van der Waals surface area contributed by atoms with Crippen molar-refractivity contribution in [2.45, 2.75) is 25.7 Å². The number of ketones is 2. The number of rotatable bonds is 3. The Morgan fingerprint density at radius 1 is 1.14 bits per heavy atom. The summed E-state index contributed by atoms with van der Waals surface area (Å²) in [5, 5.41) is 0. The summed E-state index contributed by atoms with van der Waals surface area (Å²) in [4.78, 5) is 36.4. The molecule has 1 atom stereocenters. The Labute approximate surface area is 119 Å². The molecule has 0 N–H and O–H groups in total. The maximum Gasteiger partial charge on any atom is 0.299 e. The summed E-state index contributed by atoms with van der Waals surface area (Å²) < 4.78 is 26.5. The van der Waals surface area contributed by atoms with Crippen molar-refractivity contribution < 1.29 is 23.2 Å². The Balaban J connectivity index is 1.84. The monoisotopic (exact) mass is 293 g/mol. The van der Waals surface area contributed by atoms with E-state index in [2.05, 4.69) is 0 Å². The maximum absolute atomic E-state index is 13.3. The summed E-state index contributed by atoms with van der Waals surface area (Å²) >= 11 is 0. The van der Waals surface area contributed by atoms with E-state index in [0.29, 0.717) is 12.8 Å². The van der Waals surface area contributed by atoms with Crippen molar-refractivity contribution in [1.82, 2.24) is 0 Å². The Hall–Kier alpha value is -2.11. The zero-order valence-electron chi connectivity index (χ0n) is 11.2. The zero-order chi connectivity index (χ0) is 15.1. The van der Waals surface area contributed by atoms with Crippen LogP contribution < -0.4 is 4.90 Å². The van der Waals surface area contributed by atoms with Gasteiger partial charge in [-0.3, -0.25) is 14.4 Å². The molecule has 1 unspecified atom stereocenters. The molecule has 0 radical (unpaired) electrons. The van der Waals surface area contributed by atoms with Gasteiger partial charge in [0, 0.05) is 24.9 Å². The second-order valence-corrected chi connectivity index (χ2v) is 5.41. The molecule has 1 fully saturated rings. The number of amides is 1. The molecule has 21 heavy (non-hydrogen) atoms. The third kappa shape index (κ3) is 2.24. The lowest BCUT2D eigenvalue weighted by Crippen LogP contribution is -2.32. The van der Waals surface area contributed by atoms with Crippen LogP contribution in [-0.4, -0.2) is 24.0 Å². The number of halogens is 2. The van der Waals surface area contributed by atoms with Crippen LogP contribution >= 0.6 is 0 Å². The molecule has 0 spiro atoms. The lowest BCUT2D eigenvalue weighted by atomic mass is 10.0. The first kappa shape index (κ1) is 13.9. The number of hydrogen-bond acceptors (Lipinski definition) is 3. The second-order valence-electron chi connectivity index (χ2n) is 5.41. The van der Waals surface area contributed by atoms with Crippen LogP contribution in [0, 0.1) is 17.6 Å². The molecule has 1 aliphatic carbocycles. The van der Waals surface area contributed by atoms with Gasteiger partial charge in [0.25, 0.3) is 11.7 Å². The highest BCUT2D eigenvalue weighted by Crippen LogP contribution is 2.32. The van der Waals surface area contributed by atoms with E-state index < -0.39 is 23.3 Å². The number of carbonyl (C=O) groups is 3. The molecule has 1 aliphatic heterocycles. The molecule has 3 rings (SSSR count). The van der Waals surface area contributed by atoms with Gasteiger partial charge >= 0.3 is 0 Å². The topological polar surface area (TPSA) is 54.5 Å². The largest absolute Gasteiger partial charge is 0.305 e. The van der Waals surface area contributed by atoms with Crippen LogP contribution in [0.4, 0.5) is 14.5 Å². The fourth-order valence-corrected chi connectivity index (χ4v) is 2.99. The summed E-state index contributed by atoms with van der Waals surface area (Å²) in [6.45, 7) is 0.166. The molecule has 110 valence electrons. The number of hydrogen-bond donors (Lipinski definition) is 0. The van der Waals surface area contributed by atoms with Crippen LogP contribution in [0.25, 0.3) is 0 Å². The molecule has 2 aliphatic rings. The third-order valence-electron chi connectivity index (χ3n) is 4.15. The number of carbonyl (C=O) groups excluding carboxylic acids is 3. The quantitative estimate of drug-likeness (QED) is 0.803. The molecule has 1 saturated carbocycles. The van der Waals surface area contributed by atoms with Crippen LogP contribution in [-0.2, 0) is 9.59 Å². The normalized spacial score (nSPS) is 21.3. The number of anilines is 1. The van der Waals surface area contributed by atoms with Crippen molar-refractivity contribution in [3.63, 3.8) is 0 Å². The van der Waals surface area contributed by atoms with Crippen LogP contribution in [0.1, 0.15) is 36.0 Å². The van der Waals surface area contributed by atoms with Crippen LogP contribution in [0.3, 0.4) is 0 Å². The van der Waals surface area contributed by atoms with Crippen molar-refractivity contribution in [3.8, 4) is 0 Å². The van der Waals surface area contributed by atoms with Gasteiger partial charge in [-0.05, 0) is 25.3 Å². The van der Waals surface area contributed by atoms with E-state index in [0.717, 1.165) is 29.9 Å². The van der Waals surface area contributed by atoms with Gasteiger partial charge < -0.3 is 4.90 Å². The van der Waals surface area contributed by atoms with Crippen LogP contribution in [0.5, 0.6) is 0 Å². The molecule has 0 saturated heterocycles. The fourth-order valence-electron chi connectivity index (χ4n) is 2.99. The molecule has 4 nitrogen and oxygen atoms in total. The number of Topliss-reactive ketones (excluding diaryl/α,β-unsaturated/α-hetero) is 2. The fraction of sp³-hybridized carbons (Fsp3) is 0.400. The highest BCUT2D eigenvalue weighted by molar-refractivity contribution is 6.52. The predicted octanol–water partition coefficient (Wildman–Crippen LogP) is 2.25. The number of benzene rings is 1. The van der Waals surface area contributed by atoms with E-state index in [9.17, 15) is 23.2 Å². The first-order valence-electron chi connectivity index (χ1n) is 6.87. The van der Waals surface area contributed by atoms with Gasteiger partial charge in [-0.15, -0.1) is 0 Å². The average Bonchev–Trinajstić information content (AvgIpc) is 2.95. The van der Waals surface area contributed by atoms with Gasteiger partial charge in [-0.2, -0.15) is 0 Å². The summed E-state index contributed by atoms with van der Waals surface area (Å²) in [6, 6.07) is 1.62. The summed E-state index contributed by atoms with van der Waals surface area (Å²) in [5.74, 6) is -3.82. The predicted molar refractivity (Wildman–Crippen MR) is 70.0 cm³/mol. The molecule has 1 aromatic rings. The summed E-state index contributed by atoms with van der Waals surface area (Å²) in [6.07, 6.45) is 2.61. The standard InChI is InChI=1S/C15H13F2NO3/c16-10-6-9-12(7-11(10)17)18(15(21)14(9)20)5-4-8-2-1-3-13(8)19/h6-8H,1-5H2. The summed E-state index contributed by atoms with van der Waals surface area (Å²) in [7, 11) is 0. The van der Waals surface area contributed by atoms with Gasteiger partial charge in [-0.1, -0.05) is 0 Å². The lowest BCUT2D eigenvalue weighted by Gasteiger charge is -2.18. The molecular weight excluding hydrogens is 280 g/mol. The van der Waals surface area contributed by atoms with E-state index in [1.165, 1.54) is 0 Å². The molecule has 6 heteroatoms. The lowest BCUT2D eigenvalue weighted by molar-refractivity contribution is -0.121. The SMILES string of the molecule is O=C1C(=O)N(CCC2CCCC2=O)c2cc(F)c(F)cc21. The Kier molecular flexibility index (Phi) is 3.31. The Morgan fingerprint density at radius 2 is 1.86 bits per heavy atom. The highest BCUT2D eigenvalue weighted by Gasteiger charge is 2.37. The van der Waals surface area contributed by atoms with Crippen molar-refractivity contribution in [2.75, 3.05) is 11.4 Å². The zero-order valence-corrected chi connectivity index (χ0v) is 11.2.